The third-order valence-corrected chi connectivity index (χ3v) is 15.6. The summed E-state index contributed by atoms with van der Waals surface area (Å²) in [5.41, 5.74) is 2.89. The van der Waals surface area contributed by atoms with Crippen molar-refractivity contribution in [1.29, 1.82) is 0 Å². The van der Waals surface area contributed by atoms with Gasteiger partial charge in [-0.05, 0) is 0 Å². The fourth-order valence-electron chi connectivity index (χ4n) is 4.04. The van der Waals surface area contributed by atoms with Gasteiger partial charge in [0.2, 0.25) is 0 Å². The molecule has 0 N–H and O–H groups in total. The van der Waals surface area contributed by atoms with E-state index in [2.05, 4.69) is 121 Å². The van der Waals surface area contributed by atoms with Crippen molar-refractivity contribution in [3.8, 4) is 0 Å². The Morgan fingerprint density at radius 2 is 0.667 bits per heavy atom. The number of rotatable bonds is 6. The molecule has 0 aliphatic heterocycles. The van der Waals surface area contributed by atoms with Crippen LogP contribution >= 0.6 is 0 Å². The van der Waals surface area contributed by atoms with Crippen molar-refractivity contribution in [2.45, 2.75) is 10.5 Å². The van der Waals surface area contributed by atoms with Crippen LogP contribution in [0.1, 0.15) is 11.1 Å². The third kappa shape index (κ3) is 4.07. The first-order chi connectivity index (χ1) is 13.4. The zero-order valence-corrected chi connectivity index (χ0v) is 17.6. The summed E-state index contributed by atoms with van der Waals surface area (Å²) < 4.78 is 3.10. The van der Waals surface area contributed by atoms with Gasteiger partial charge in [0.15, 0.2) is 0 Å². The first kappa shape index (κ1) is 17.8. The monoisotopic (exact) mass is 410 g/mol. The average molecular weight is 409 g/mol. The van der Waals surface area contributed by atoms with Gasteiger partial charge in [-0.1, -0.05) is 0 Å². The molecular weight excluding hydrogens is 385 g/mol. The minimum absolute atomic E-state index is 1.16. The van der Waals surface area contributed by atoms with Gasteiger partial charge < -0.3 is 0 Å². The molecule has 0 saturated heterocycles. The van der Waals surface area contributed by atoms with Gasteiger partial charge in [0.1, 0.15) is 0 Å². The van der Waals surface area contributed by atoms with Crippen LogP contribution in [0.2, 0.25) is 0 Å². The van der Waals surface area contributed by atoms with Crippen LogP contribution in [0.5, 0.6) is 0 Å². The van der Waals surface area contributed by atoms with Crippen molar-refractivity contribution >= 4 is 22.1 Å². The van der Waals surface area contributed by atoms with Gasteiger partial charge in [-0.25, -0.2) is 0 Å². The number of hydrogen-bond donors (Lipinski definition) is 0. The van der Waals surface area contributed by atoms with Crippen LogP contribution in [0.4, 0.5) is 0 Å². The molecule has 0 aliphatic rings. The Morgan fingerprint density at radius 3 is 1.00 bits per heavy atom. The van der Waals surface area contributed by atoms with Crippen molar-refractivity contribution in [2.24, 2.45) is 0 Å². The molecule has 4 aromatic rings. The van der Waals surface area contributed by atoms with Crippen molar-refractivity contribution < 1.29 is 0 Å². The van der Waals surface area contributed by atoms with Gasteiger partial charge in [-0.2, -0.15) is 0 Å². The fraction of sp³-hybridized carbons (Fsp3) is 0.0769. The Morgan fingerprint density at radius 1 is 0.370 bits per heavy atom. The van der Waals surface area contributed by atoms with E-state index in [0.717, 1.165) is 10.5 Å². The first-order valence-corrected chi connectivity index (χ1v) is 14.6. The molecule has 4 rings (SSSR count). The molecule has 4 aromatic carbocycles. The van der Waals surface area contributed by atoms with Crippen molar-refractivity contribution in [3.63, 3.8) is 0 Å². The van der Waals surface area contributed by atoms with E-state index in [9.17, 15) is 0 Å². The Kier molecular flexibility index (Phi) is 5.55. The summed E-state index contributed by atoms with van der Waals surface area (Å²) in [5.74, 6) is 0. The van der Waals surface area contributed by atoms with Gasteiger partial charge in [-0.15, -0.1) is 0 Å². The predicted octanol–water partition coefficient (Wildman–Crippen LogP) is 4.81. The summed E-state index contributed by atoms with van der Waals surface area (Å²) in [6.07, 6.45) is 0. The fourth-order valence-corrected chi connectivity index (χ4v) is 14.1. The molecule has 0 aromatic heterocycles. The third-order valence-electron chi connectivity index (χ3n) is 5.35. The van der Waals surface area contributed by atoms with Crippen molar-refractivity contribution in [1.82, 2.24) is 0 Å². The summed E-state index contributed by atoms with van der Waals surface area (Å²) in [6.45, 7) is 0. The molecule has 0 radical (unpaired) electrons. The molecule has 0 atom stereocenters. The minimum atomic E-state index is -2.70. The van der Waals surface area contributed by atoms with Gasteiger partial charge in [0.25, 0.3) is 0 Å². The molecule has 0 nitrogen and oxygen atoms in total. The molecule has 1 heteroatoms. The summed E-state index contributed by atoms with van der Waals surface area (Å²) in [7, 11) is 0. The molecule has 27 heavy (non-hydrogen) atoms. The van der Waals surface area contributed by atoms with Gasteiger partial charge in [0.05, 0.1) is 0 Å². The molecule has 0 spiro atoms. The molecule has 0 fully saturated rings. The van der Waals surface area contributed by atoms with E-state index in [1.54, 1.807) is 8.79 Å². The van der Waals surface area contributed by atoms with E-state index in [4.69, 9.17) is 0 Å². The van der Waals surface area contributed by atoms with Crippen LogP contribution in [-0.4, -0.2) is 13.3 Å². The van der Waals surface area contributed by atoms with Crippen LogP contribution in [0, 0.1) is 0 Å². The second-order valence-corrected chi connectivity index (χ2v) is 15.6. The molecule has 132 valence electrons. The molecule has 0 aliphatic carbocycles. The van der Waals surface area contributed by atoms with Crippen LogP contribution in [0.15, 0.2) is 121 Å². The van der Waals surface area contributed by atoms with E-state index < -0.39 is 13.3 Å². The Hall–Kier alpha value is -2.58. The molecule has 0 saturated carbocycles. The maximum absolute atomic E-state index is 2.70. The summed E-state index contributed by atoms with van der Waals surface area (Å²) in [5, 5.41) is 2.31. The van der Waals surface area contributed by atoms with E-state index >= 15 is 0 Å². The van der Waals surface area contributed by atoms with Crippen molar-refractivity contribution in [2.75, 3.05) is 0 Å². The number of benzene rings is 4. The second-order valence-electron chi connectivity index (χ2n) is 7.14. The normalized spacial score (nSPS) is 11.3. The summed E-state index contributed by atoms with van der Waals surface area (Å²) in [4.78, 5) is 0. The topological polar surface area (TPSA) is 0 Å². The first-order valence-electron chi connectivity index (χ1n) is 9.56. The SMILES string of the molecule is c1ccc([CH2][Ge]([CH2]c2ccccc2)([c]2ccccc2)[c]2ccccc2)cc1. The predicted molar refractivity (Wildman–Crippen MR) is 118 cm³/mol. The standard InChI is InChI=1S/C26H24Ge/c1-5-13-23(14-6-1)21-27(25-17-9-3-10-18-25,26-19-11-4-12-20-26)22-24-15-7-2-8-16-24/h1-20H,21-22H2. The van der Waals surface area contributed by atoms with E-state index in [1.165, 1.54) is 11.1 Å². The summed E-state index contributed by atoms with van der Waals surface area (Å²) in [6, 6.07) is 44.6. The quantitative estimate of drug-likeness (QED) is 0.401. The Labute approximate surface area is 164 Å². The average Bonchev–Trinajstić information content (AvgIpc) is 2.76. The van der Waals surface area contributed by atoms with Crippen LogP contribution in [-0.2, 0) is 10.5 Å². The van der Waals surface area contributed by atoms with Gasteiger partial charge >= 0.3 is 165 Å². The van der Waals surface area contributed by atoms with Crippen LogP contribution in [0.3, 0.4) is 0 Å². The van der Waals surface area contributed by atoms with E-state index in [-0.39, 0.29) is 0 Å². The second kappa shape index (κ2) is 8.41. The number of hydrogen-bond acceptors (Lipinski definition) is 0. The zero-order chi connectivity index (χ0) is 18.4. The molecule has 0 bridgehead atoms. The summed E-state index contributed by atoms with van der Waals surface area (Å²) >= 11 is -2.70. The molecule has 0 unspecified atom stereocenters. The Balaban J connectivity index is 1.90. The molecule has 0 heterocycles. The van der Waals surface area contributed by atoms with Gasteiger partial charge in [0, 0.05) is 0 Å². The Bertz CT molecular complexity index is 865. The van der Waals surface area contributed by atoms with Gasteiger partial charge in [-0.3, -0.25) is 0 Å². The molecule has 0 amide bonds. The van der Waals surface area contributed by atoms with Crippen LogP contribution in [0.25, 0.3) is 0 Å². The molecular formula is C26H24Ge. The van der Waals surface area contributed by atoms with Crippen molar-refractivity contribution in [3.05, 3.63) is 132 Å². The van der Waals surface area contributed by atoms with E-state index in [0.29, 0.717) is 0 Å². The van der Waals surface area contributed by atoms with Crippen LogP contribution < -0.4 is 8.79 Å². The maximum atomic E-state index is 2.36. The van der Waals surface area contributed by atoms with E-state index in [1.807, 2.05) is 0 Å². The zero-order valence-electron chi connectivity index (χ0n) is 15.5.